The Labute approximate surface area is 133 Å². The maximum Gasteiger partial charge on any atom is 0.176 e. The lowest BCUT2D eigenvalue weighted by molar-refractivity contribution is 0.00888. The minimum Gasteiger partial charge on any atom is -0.390 e. The van der Waals surface area contributed by atoms with Gasteiger partial charge in [0, 0.05) is 5.56 Å². The zero-order valence-corrected chi connectivity index (χ0v) is 13.5. The third kappa shape index (κ3) is 7.69. The van der Waals surface area contributed by atoms with Gasteiger partial charge in [-0.15, -0.1) is 0 Å². The van der Waals surface area contributed by atoms with Crippen LogP contribution in [0, 0.1) is 0 Å². The lowest BCUT2D eigenvalue weighted by Crippen LogP contribution is -2.32. The number of carbonyl (C=O) groups is 1. The number of unbranched alkanes of at least 4 members (excludes halogenated alkanes) is 3. The molecule has 0 aromatic heterocycles. The lowest BCUT2D eigenvalue weighted by Gasteiger charge is -2.17. The van der Waals surface area contributed by atoms with E-state index in [1.165, 1.54) is 6.42 Å². The third-order valence-corrected chi connectivity index (χ3v) is 3.80. The average molecular weight is 307 g/mol. The van der Waals surface area contributed by atoms with Gasteiger partial charge in [0.2, 0.25) is 0 Å². The number of rotatable bonds is 12. The highest BCUT2D eigenvalue weighted by Gasteiger charge is 2.15. The van der Waals surface area contributed by atoms with Crippen LogP contribution in [0.5, 0.6) is 0 Å². The highest BCUT2D eigenvalue weighted by atomic mass is 16.3. The molecule has 0 saturated carbocycles. The minimum atomic E-state index is -0.721. The molecule has 0 radical (unpaired) electrons. The number of aliphatic hydroxyl groups excluding tert-OH is 2. The van der Waals surface area contributed by atoms with Crippen molar-refractivity contribution in [2.75, 3.05) is 13.1 Å². The predicted octanol–water partition coefficient (Wildman–Crippen LogP) is 2.54. The number of hydrogen-bond acceptors (Lipinski definition) is 4. The van der Waals surface area contributed by atoms with E-state index < -0.39 is 12.2 Å². The van der Waals surface area contributed by atoms with Gasteiger partial charge in [-0.2, -0.15) is 0 Å². The van der Waals surface area contributed by atoms with E-state index in [4.69, 9.17) is 0 Å². The number of Topliss-reactive ketones (excluding diaryl/α,β-unsaturated/α-hetero) is 1. The van der Waals surface area contributed by atoms with E-state index in [-0.39, 0.29) is 12.3 Å². The van der Waals surface area contributed by atoms with Crippen molar-refractivity contribution in [3.05, 3.63) is 35.9 Å². The maximum absolute atomic E-state index is 11.9. The molecule has 2 unspecified atom stereocenters. The van der Waals surface area contributed by atoms with E-state index in [2.05, 4.69) is 12.2 Å². The fraction of sp³-hybridized carbons (Fsp3) is 0.611. The molecule has 0 saturated heterocycles. The maximum atomic E-state index is 11.9. The van der Waals surface area contributed by atoms with Crippen LogP contribution in [0.1, 0.15) is 55.8 Å². The van der Waals surface area contributed by atoms with Crippen LogP contribution in [0.15, 0.2) is 30.3 Å². The Hall–Kier alpha value is -1.23. The summed E-state index contributed by atoms with van der Waals surface area (Å²) in [5.74, 6) is 0.0372. The summed E-state index contributed by atoms with van der Waals surface area (Å²) in [7, 11) is 0. The number of ketones is 1. The summed E-state index contributed by atoms with van der Waals surface area (Å²) in [6.45, 7) is 2.92. The molecule has 1 rings (SSSR count). The van der Waals surface area contributed by atoms with Gasteiger partial charge in [0.15, 0.2) is 5.78 Å². The van der Waals surface area contributed by atoms with Gasteiger partial charge in [0.05, 0.1) is 18.8 Å². The van der Waals surface area contributed by atoms with Crippen LogP contribution in [-0.2, 0) is 0 Å². The summed E-state index contributed by atoms with van der Waals surface area (Å²) >= 11 is 0. The van der Waals surface area contributed by atoms with E-state index in [0.29, 0.717) is 24.9 Å². The standard InChI is InChI=1S/C18H29NO3/c1-2-3-4-8-11-16(20)17(21)12-13-19-14-18(22)15-9-6-5-7-10-15/h5-7,9-10,16-17,19-21H,2-4,8,11-14H2,1H3. The smallest absolute Gasteiger partial charge is 0.176 e. The molecule has 1 aromatic carbocycles. The van der Waals surface area contributed by atoms with Gasteiger partial charge in [-0.3, -0.25) is 4.79 Å². The quantitative estimate of drug-likeness (QED) is 0.410. The van der Waals surface area contributed by atoms with Gasteiger partial charge in [0.25, 0.3) is 0 Å². The molecule has 0 aliphatic rings. The monoisotopic (exact) mass is 307 g/mol. The van der Waals surface area contributed by atoms with Crippen molar-refractivity contribution in [2.45, 2.75) is 57.7 Å². The molecule has 0 aliphatic carbocycles. The summed E-state index contributed by atoms with van der Waals surface area (Å²) in [5.41, 5.74) is 0.687. The molecule has 0 heterocycles. The van der Waals surface area contributed by atoms with Crippen molar-refractivity contribution in [3.8, 4) is 0 Å². The fourth-order valence-electron chi connectivity index (χ4n) is 2.34. The SMILES string of the molecule is CCCCCCC(O)C(O)CCNCC(=O)c1ccccc1. The molecule has 0 spiro atoms. The van der Waals surface area contributed by atoms with Gasteiger partial charge in [-0.25, -0.2) is 0 Å². The van der Waals surface area contributed by atoms with Gasteiger partial charge >= 0.3 is 0 Å². The summed E-state index contributed by atoms with van der Waals surface area (Å²) in [6.07, 6.45) is 4.10. The third-order valence-electron chi connectivity index (χ3n) is 3.80. The molecule has 2 atom stereocenters. The molecule has 0 bridgehead atoms. The summed E-state index contributed by atoms with van der Waals surface area (Å²) in [5, 5.41) is 22.8. The molecule has 1 aromatic rings. The fourth-order valence-corrected chi connectivity index (χ4v) is 2.34. The van der Waals surface area contributed by atoms with Crippen molar-refractivity contribution >= 4 is 5.78 Å². The van der Waals surface area contributed by atoms with Crippen LogP contribution < -0.4 is 5.32 Å². The largest absolute Gasteiger partial charge is 0.390 e. The summed E-state index contributed by atoms with van der Waals surface area (Å²) in [6, 6.07) is 9.14. The van der Waals surface area contributed by atoms with Gasteiger partial charge in [-0.1, -0.05) is 62.9 Å². The Kier molecular flexibility index (Phi) is 9.71. The normalized spacial score (nSPS) is 13.8. The molecule has 0 amide bonds. The van der Waals surface area contributed by atoms with Crippen molar-refractivity contribution in [1.29, 1.82) is 0 Å². The molecular formula is C18H29NO3. The van der Waals surface area contributed by atoms with E-state index in [0.717, 1.165) is 19.3 Å². The van der Waals surface area contributed by atoms with E-state index in [1.54, 1.807) is 12.1 Å². The van der Waals surface area contributed by atoms with Gasteiger partial charge < -0.3 is 15.5 Å². The molecule has 3 N–H and O–H groups in total. The first-order valence-electron chi connectivity index (χ1n) is 8.30. The first-order chi connectivity index (χ1) is 10.6. The van der Waals surface area contributed by atoms with E-state index in [9.17, 15) is 15.0 Å². The van der Waals surface area contributed by atoms with E-state index in [1.807, 2.05) is 18.2 Å². The van der Waals surface area contributed by atoms with E-state index >= 15 is 0 Å². The Morgan fingerprint density at radius 3 is 2.41 bits per heavy atom. The van der Waals surface area contributed by atoms with Gasteiger partial charge in [0.1, 0.15) is 0 Å². The zero-order chi connectivity index (χ0) is 16.2. The topological polar surface area (TPSA) is 69.6 Å². The predicted molar refractivity (Wildman–Crippen MR) is 89.0 cm³/mol. The number of hydrogen-bond donors (Lipinski definition) is 3. The van der Waals surface area contributed by atoms with Crippen molar-refractivity contribution < 1.29 is 15.0 Å². The van der Waals surface area contributed by atoms with Crippen LogP contribution in [0.25, 0.3) is 0 Å². The second kappa shape index (κ2) is 11.4. The highest BCUT2D eigenvalue weighted by molar-refractivity contribution is 5.97. The Bertz CT molecular complexity index is 408. The lowest BCUT2D eigenvalue weighted by atomic mass is 10.0. The molecule has 4 nitrogen and oxygen atoms in total. The Balaban J connectivity index is 2.11. The molecule has 124 valence electrons. The van der Waals surface area contributed by atoms with Gasteiger partial charge in [-0.05, 0) is 19.4 Å². The zero-order valence-electron chi connectivity index (χ0n) is 13.5. The molecule has 0 aliphatic heterocycles. The number of benzene rings is 1. The minimum absolute atomic E-state index is 0.0372. The van der Waals surface area contributed by atoms with Crippen LogP contribution >= 0.6 is 0 Å². The first kappa shape index (κ1) is 18.8. The van der Waals surface area contributed by atoms with Crippen molar-refractivity contribution in [1.82, 2.24) is 5.32 Å². The molecule has 22 heavy (non-hydrogen) atoms. The average Bonchev–Trinajstić information content (AvgIpc) is 2.55. The van der Waals surface area contributed by atoms with Crippen molar-refractivity contribution in [3.63, 3.8) is 0 Å². The van der Waals surface area contributed by atoms with Crippen LogP contribution in [0.4, 0.5) is 0 Å². The first-order valence-corrected chi connectivity index (χ1v) is 8.30. The summed E-state index contributed by atoms with van der Waals surface area (Å²) in [4.78, 5) is 11.9. The summed E-state index contributed by atoms with van der Waals surface area (Å²) < 4.78 is 0. The van der Waals surface area contributed by atoms with Crippen molar-refractivity contribution in [2.24, 2.45) is 0 Å². The Morgan fingerprint density at radius 2 is 1.73 bits per heavy atom. The second-order valence-electron chi connectivity index (χ2n) is 5.74. The molecule has 4 heteroatoms. The van der Waals surface area contributed by atoms with Crippen LogP contribution in [0.2, 0.25) is 0 Å². The second-order valence-corrected chi connectivity index (χ2v) is 5.74. The highest BCUT2D eigenvalue weighted by Crippen LogP contribution is 2.10. The molecule has 0 fully saturated rings. The van der Waals surface area contributed by atoms with Crippen LogP contribution in [-0.4, -0.2) is 41.3 Å². The number of carbonyl (C=O) groups excluding carboxylic acids is 1. The number of nitrogens with one attached hydrogen (secondary N) is 1. The Morgan fingerprint density at radius 1 is 1.05 bits per heavy atom. The molecular weight excluding hydrogens is 278 g/mol. The number of aliphatic hydroxyl groups is 2. The van der Waals surface area contributed by atoms with Crippen LogP contribution in [0.3, 0.4) is 0 Å².